The van der Waals surface area contributed by atoms with Crippen LogP contribution in [0.15, 0.2) is 78.9 Å². The SMILES string of the molecule is O=C(N[C@@H](Cc1ccc(C(F)(F)F)cc1)C(=O)O)c1ccc2cc(F)ccc2c1OCc1ccc(C(F)(F)F)cc1. The minimum absolute atomic E-state index is 0.0708. The van der Waals surface area contributed by atoms with Gasteiger partial charge in [-0.25, -0.2) is 9.18 Å². The van der Waals surface area contributed by atoms with E-state index in [1.807, 2.05) is 0 Å². The van der Waals surface area contributed by atoms with Gasteiger partial charge >= 0.3 is 18.3 Å². The van der Waals surface area contributed by atoms with Crippen molar-refractivity contribution < 1.29 is 50.2 Å². The predicted molar refractivity (Wildman–Crippen MR) is 134 cm³/mol. The molecule has 0 bridgehead atoms. The Labute approximate surface area is 228 Å². The first-order chi connectivity index (χ1) is 19.2. The third-order valence-electron chi connectivity index (χ3n) is 6.17. The third-order valence-corrected chi connectivity index (χ3v) is 6.17. The molecule has 0 aliphatic heterocycles. The number of aliphatic carboxylic acids is 1. The summed E-state index contributed by atoms with van der Waals surface area (Å²) in [4.78, 5) is 25.1. The van der Waals surface area contributed by atoms with E-state index in [1.165, 1.54) is 36.4 Å². The summed E-state index contributed by atoms with van der Waals surface area (Å²) < 4.78 is 96.9. The lowest BCUT2D eigenvalue weighted by molar-refractivity contribution is -0.139. The van der Waals surface area contributed by atoms with E-state index in [4.69, 9.17) is 4.74 Å². The molecule has 0 aliphatic carbocycles. The number of alkyl halides is 6. The van der Waals surface area contributed by atoms with Crippen molar-refractivity contribution in [3.63, 3.8) is 0 Å². The second kappa shape index (κ2) is 11.5. The number of fused-ring (bicyclic) bond motifs is 1. The van der Waals surface area contributed by atoms with E-state index in [-0.39, 0.29) is 35.3 Å². The van der Waals surface area contributed by atoms with Crippen LogP contribution < -0.4 is 10.1 Å². The molecular formula is C29H20F7NO4. The molecule has 1 atom stereocenters. The zero-order chi connectivity index (χ0) is 29.9. The van der Waals surface area contributed by atoms with Crippen molar-refractivity contribution in [2.45, 2.75) is 31.4 Å². The molecule has 0 radical (unpaired) electrons. The smallest absolute Gasteiger partial charge is 0.416 e. The minimum atomic E-state index is -4.57. The van der Waals surface area contributed by atoms with Crippen LogP contribution in [-0.2, 0) is 30.2 Å². The van der Waals surface area contributed by atoms with Crippen molar-refractivity contribution in [2.24, 2.45) is 0 Å². The molecule has 0 heterocycles. The molecule has 0 aromatic heterocycles. The second-order valence-corrected chi connectivity index (χ2v) is 9.05. The minimum Gasteiger partial charge on any atom is -0.487 e. The Hall–Kier alpha value is -4.61. The Morgan fingerprint density at radius 3 is 1.88 bits per heavy atom. The highest BCUT2D eigenvalue weighted by Crippen LogP contribution is 2.33. The van der Waals surface area contributed by atoms with E-state index in [0.29, 0.717) is 10.9 Å². The lowest BCUT2D eigenvalue weighted by atomic mass is 10.0. The van der Waals surface area contributed by atoms with Gasteiger partial charge in [-0.2, -0.15) is 26.3 Å². The highest BCUT2D eigenvalue weighted by atomic mass is 19.4. The van der Waals surface area contributed by atoms with Crippen LogP contribution in [0.2, 0.25) is 0 Å². The van der Waals surface area contributed by atoms with Crippen molar-refractivity contribution in [2.75, 3.05) is 0 Å². The fourth-order valence-corrected chi connectivity index (χ4v) is 4.05. The summed E-state index contributed by atoms with van der Waals surface area (Å²) >= 11 is 0. The van der Waals surface area contributed by atoms with Gasteiger partial charge in [0.2, 0.25) is 0 Å². The second-order valence-electron chi connectivity index (χ2n) is 9.05. The first-order valence-electron chi connectivity index (χ1n) is 11.9. The molecule has 4 aromatic carbocycles. The van der Waals surface area contributed by atoms with E-state index in [0.717, 1.165) is 42.5 Å². The summed E-state index contributed by atoms with van der Waals surface area (Å²) in [6, 6.07) is 12.7. The van der Waals surface area contributed by atoms with Crippen LogP contribution in [0.25, 0.3) is 10.8 Å². The molecule has 0 saturated carbocycles. The normalized spacial score (nSPS) is 12.7. The molecule has 1 amide bonds. The van der Waals surface area contributed by atoms with Gasteiger partial charge in [0.1, 0.15) is 24.2 Å². The molecule has 0 spiro atoms. The van der Waals surface area contributed by atoms with Crippen molar-refractivity contribution in [3.8, 4) is 5.75 Å². The molecule has 4 rings (SSSR count). The molecule has 5 nitrogen and oxygen atoms in total. The highest BCUT2D eigenvalue weighted by Gasteiger charge is 2.31. The maximum atomic E-state index is 13.8. The Balaban J connectivity index is 1.60. The van der Waals surface area contributed by atoms with E-state index >= 15 is 0 Å². The van der Waals surface area contributed by atoms with E-state index < -0.39 is 47.2 Å². The van der Waals surface area contributed by atoms with Gasteiger partial charge in [0.05, 0.1) is 16.7 Å². The molecule has 41 heavy (non-hydrogen) atoms. The highest BCUT2D eigenvalue weighted by molar-refractivity contribution is 6.05. The Morgan fingerprint density at radius 2 is 1.34 bits per heavy atom. The van der Waals surface area contributed by atoms with Crippen LogP contribution in [-0.4, -0.2) is 23.0 Å². The molecule has 0 saturated heterocycles. The van der Waals surface area contributed by atoms with Gasteiger partial charge in [-0.05, 0) is 65.0 Å². The largest absolute Gasteiger partial charge is 0.487 e. The topological polar surface area (TPSA) is 75.6 Å². The summed E-state index contributed by atoms with van der Waals surface area (Å²) in [5.41, 5.74) is -1.38. The number of ether oxygens (including phenoxy) is 1. The lowest BCUT2D eigenvalue weighted by Crippen LogP contribution is -2.42. The number of carboxylic acids is 1. The summed E-state index contributed by atoms with van der Waals surface area (Å²) in [5, 5.41) is 12.6. The molecule has 0 unspecified atom stereocenters. The van der Waals surface area contributed by atoms with E-state index in [2.05, 4.69) is 5.32 Å². The van der Waals surface area contributed by atoms with Crippen molar-refractivity contribution in [1.82, 2.24) is 5.32 Å². The van der Waals surface area contributed by atoms with Crippen LogP contribution in [0.5, 0.6) is 5.75 Å². The number of carboxylic acid groups (broad SMARTS) is 1. The molecule has 0 fully saturated rings. The van der Waals surface area contributed by atoms with Crippen LogP contribution in [0.3, 0.4) is 0 Å². The monoisotopic (exact) mass is 579 g/mol. The average molecular weight is 579 g/mol. The molecule has 214 valence electrons. The summed E-state index contributed by atoms with van der Waals surface area (Å²) in [6.07, 6.45) is -9.44. The molecular weight excluding hydrogens is 559 g/mol. The summed E-state index contributed by atoms with van der Waals surface area (Å²) in [6.45, 7) is -0.275. The van der Waals surface area contributed by atoms with Gasteiger partial charge < -0.3 is 15.2 Å². The Morgan fingerprint density at radius 1 is 0.780 bits per heavy atom. The molecule has 0 aliphatic rings. The summed E-state index contributed by atoms with van der Waals surface area (Å²) in [7, 11) is 0. The first kappa shape index (κ1) is 29.4. The van der Waals surface area contributed by atoms with Gasteiger partial charge in [-0.3, -0.25) is 4.79 Å². The average Bonchev–Trinajstić information content (AvgIpc) is 2.90. The van der Waals surface area contributed by atoms with Crippen LogP contribution in [0, 0.1) is 5.82 Å². The quantitative estimate of drug-likeness (QED) is 0.220. The number of carbonyl (C=O) groups is 2. The van der Waals surface area contributed by atoms with Crippen molar-refractivity contribution >= 4 is 22.6 Å². The van der Waals surface area contributed by atoms with Gasteiger partial charge in [0.25, 0.3) is 5.91 Å². The number of hydrogen-bond acceptors (Lipinski definition) is 3. The number of halogens is 7. The lowest BCUT2D eigenvalue weighted by Gasteiger charge is -2.18. The Bertz CT molecular complexity index is 1560. The fraction of sp³-hybridized carbons (Fsp3) is 0.172. The maximum absolute atomic E-state index is 13.8. The number of carbonyl (C=O) groups excluding carboxylic acids is 1. The van der Waals surface area contributed by atoms with Gasteiger partial charge in [0.15, 0.2) is 0 Å². The zero-order valence-corrected chi connectivity index (χ0v) is 20.8. The van der Waals surface area contributed by atoms with E-state index in [9.17, 15) is 45.4 Å². The molecule has 2 N–H and O–H groups in total. The summed E-state index contributed by atoms with van der Waals surface area (Å²) in [5.74, 6) is -3.00. The number of nitrogens with one attached hydrogen (secondary N) is 1. The van der Waals surface area contributed by atoms with Crippen molar-refractivity contribution in [3.05, 3.63) is 112 Å². The Kier molecular flexibility index (Phi) is 8.22. The van der Waals surface area contributed by atoms with Crippen LogP contribution >= 0.6 is 0 Å². The third kappa shape index (κ3) is 7.13. The molecule has 12 heteroatoms. The standard InChI is InChI=1S/C29H20F7NO4/c30-21-10-12-22-18(14-21)5-11-23(25(22)41-15-17-3-8-20(9-4-17)29(34,35)36)26(38)37-24(27(39)40)13-16-1-6-19(7-2-16)28(31,32)33/h1-12,14,24H,13,15H2,(H,37,38)(H,39,40)/t24-/m0/s1. The first-order valence-corrected chi connectivity index (χ1v) is 11.9. The van der Waals surface area contributed by atoms with Crippen LogP contribution in [0.1, 0.15) is 32.6 Å². The molecule has 4 aromatic rings. The predicted octanol–water partition coefficient (Wildman–Crippen LogP) is 7.02. The van der Waals surface area contributed by atoms with Gasteiger partial charge in [0, 0.05) is 11.8 Å². The number of benzene rings is 4. The van der Waals surface area contributed by atoms with Crippen molar-refractivity contribution in [1.29, 1.82) is 0 Å². The maximum Gasteiger partial charge on any atom is 0.416 e. The number of amides is 1. The zero-order valence-electron chi connectivity index (χ0n) is 20.8. The van der Waals surface area contributed by atoms with Gasteiger partial charge in [-0.1, -0.05) is 30.3 Å². The van der Waals surface area contributed by atoms with E-state index in [1.54, 1.807) is 0 Å². The fourth-order valence-electron chi connectivity index (χ4n) is 4.05. The number of hydrogen-bond donors (Lipinski definition) is 2. The van der Waals surface area contributed by atoms with Gasteiger partial charge in [-0.15, -0.1) is 0 Å². The number of rotatable bonds is 8. The van der Waals surface area contributed by atoms with Crippen LogP contribution in [0.4, 0.5) is 30.7 Å².